The van der Waals surface area contributed by atoms with Gasteiger partial charge in [-0.25, -0.2) is 0 Å². The highest BCUT2D eigenvalue weighted by atomic mass is 35.5. The Morgan fingerprint density at radius 3 is 2.50 bits per heavy atom. The maximum atomic E-state index is 11.9. The Morgan fingerprint density at radius 1 is 1.17 bits per heavy atom. The van der Waals surface area contributed by atoms with Crippen LogP contribution >= 0.6 is 24.2 Å². The molecule has 0 bridgehead atoms. The van der Waals surface area contributed by atoms with Gasteiger partial charge in [0.15, 0.2) is 0 Å². The van der Waals surface area contributed by atoms with Gasteiger partial charge in [0.05, 0.1) is 5.56 Å². The van der Waals surface area contributed by atoms with Gasteiger partial charge in [-0.2, -0.15) is 0 Å². The topological polar surface area (TPSA) is 49.3 Å². The first-order valence-corrected chi connectivity index (χ1v) is 5.97. The molecular formula is C13H10ClNO2S. The lowest BCUT2D eigenvalue weighted by Crippen LogP contribution is -2.11. The van der Waals surface area contributed by atoms with E-state index in [-0.39, 0.29) is 11.3 Å². The number of anilines is 1. The number of halogens is 1. The highest BCUT2D eigenvalue weighted by Gasteiger charge is 2.11. The van der Waals surface area contributed by atoms with Crippen LogP contribution in [0.5, 0.6) is 5.75 Å². The van der Waals surface area contributed by atoms with E-state index in [1.54, 1.807) is 24.3 Å². The van der Waals surface area contributed by atoms with Crippen molar-refractivity contribution in [2.24, 2.45) is 0 Å². The van der Waals surface area contributed by atoms with E-state index in [0.29, 0.717) is 10.7 Å². The molecule has 2 aromatic carbocycles. The molecule has 0 atom stereocenters. The third-order valence-electron chi connectivity index (χ3n) is 2.33. The molecule has 92 valence electrons. The van der Waals surface area contributed by atoms with Crippen molar-refractivity contribution < 1.29 is 9.90 Å². The minimum absolute atomic E-state index is 0.109. The second kappa shape index (κ2) is 5.33. The average molecular weight is 280 g/mol. The zero-order chi connectivity index (χ0) is 13.1. The van der Waals surface area contributed by atoms with Gasteiger partial charge in [-0.15, -0.1) is 12.6 Å². The highest BCUT2D eigenvalue weighted by Crippen LogP contribution is 2.22. The molecule has 5 heteroatoms. The second-order valence-corrected chi connectivity index (χ2v) is 4.62. The third kappa shape index (κ3) is 2.97. The number of benzene rings is 2. The van der Waals surface area contributed by atoms with Gasteiger partial charge >= 0.3 is 0 Å². The fourth-order valence-corrected chi connectivity index (χ4v) is 1.75. The summed E-state index contributed by atoms with van der Waals surface area (Å²) < 4.78 is 0. The zero-order valence-electron chi connectivity index (χ0n) is 9.22. The number of phenols is 1. The van der Waals surface area contributed by atoms with E-state index in [1.165, 1.54) is 18.2 Å². The molecule has 0 aliphatic rings. The van der Waals surface area contributed by atoms with E-state index >= 15 is 0 Å². The molecular weight excluding hydrogens is 270 g/mol. The lowest BCUT2D eigenvalue weighted by atomic mass is 10.2. The first-order valence-electron chi connectivity index (χ1n) is 5.15. The number of aromatic hydroxyl groups is 1. The molecule has 18 heavy (non-hydrogen) atoms. The van der Waals surface area contributed by atoms with E-state index < -0.39 is 5.91 Å². The Bertz CT molecular complexity index is 584. The summed E-state index contributed by atoms with van der Waals surface area (Å²) in [6.45, 7) is 0. The molecule has 0 unspecified atom stereocenters. The summed E-state index contributed by atoms with van der Waals surface area (Å²) in [4.78, 5) is 12.7. The Kier molecular flexibility index (Phi) is 3.79. The second-order valence-electron chi connectivity index (χ2n) is 3.66. The molecule has 1 amide bonds. The van der Waals surface area contributed by atoms with Crippen molar-refractivity contribution in [3.8, 4) is 5.75 Å². The molecule has 0 saturated carbocycles. The van der Waals surface area contributed by atoms with E-state index in [2.05, 4.69) is 17.9 Å². The van der Waals surface area contributed by atoms with Crippen LogP contribution in [0.2, 0.25) is 5.02 Å². The number of hydrogen-bond donors (Lipinski definition) is 3. The predicted molar refractivity (Wildman–Crippen MR) is 74.8 cm³/mol. The average Bonchev–Trinajstić information content (AvgIpc) is 2.35. The van der Waals surface area contributed by atoms with Crippen molar-refractivity contribution in [2.75, 3.05) is 5.32 Å². The monoisotopic (exact) mass is 279 g/mol. The van der Waals surface area contributed by atoms with Crippen molar-refractivity contribution in [1.82, 2.24) is 0 Å². The smallest absolute Gasteiger partial charge is 0.259 e. The minimum Gasteiger partial charge on any atom is -0.507 e. The SMILES string of the molecule is O=C(Nc1ccc(S)cc1)c1cc(Cl)ccc1O. The summed E-state index contributed by atoms with van der Waals surface area (Å²) in [7, 11) is 0. The fourth-order valence-electron chi connectivity index (χ4n) is 1.43. The van der Waals surface area contributed by atoms with Gasteiger partial charge in [-0.3, -0.25) is 4.79 Å². The van der Waals surface area contributed by atoms with Crippen LogP contribution in [0.25, 0.3) is 0 Å². The van der Waals surface area contributed by atoms with Crippen molar-refractivity contribution in [3.63, 3.8) is 0 Å². The minimum atomic E-state index is -0.415. The molecule has 3 nitrogen and oxygen atoms in total. The summed E-state index contributed by atoms with van der Waals surface area (Å²) in [6.07, 6.45) is 0. The molecule has 0 heterocycles. The van der Waals surface area contributed by atoms with E-state index in [4.69, 9.17) is 11.6 Å². The Morgan fingerprint density at radius 2 is 1.83 bits per heavy atom. The molecule has 0 spiro atoms. The maximum absolute atomic E-state index is 11.9. The van der Waals surface area contributed by atoms with Crippen LogP contribution in [0.1, 0.15) is 10.4 Å². The summed E-state index contributed by atoms with van der Waals surface area (Å²) in [5, 5.41) is 12.7. The van der Waals surface area contributed by atoms with Gasteiger partial charge in [0, 0.05) is 15.6 Å². The Balaban J connectivity index is 2.21. The van der Waals surface area contributed by atoms with Crippen LogP contribution in [0.3, 0.4) is 0 Å². The van der Waals surface area contributed by atoms with Crippen LogP contribution < -0.4 is 5.32 Å². The molecule has 2 rings (SSSR count). The maximum Gasteiger partial charge on any atom is 0.259 e. The standard InChI is InChI=1S/C13H10ClNO2S/c14-8-1-6-12(16)11(7-8)13(17)15-9-2-4-10(18)5-3-9/h1-7,16,18H,(H,15,17). The summed E-state index contributed by atoms with van der Waals surface area (Å²) in [6, 6.07) is 11.3. The predicted octanol–water partition coefficient (Wildman–Crippen LogP) is 3.59. The van der Waals surface area contributed by atoms with Gasteiger partial charge in [0.2, 0.25) is 0 Å². The largest absolute Gasteiger partial charge is 0.507 e. The summed E-state index contributed by atoms with van der Waals surface area (Å²) >= 11 is 9.94. The van der Waals surface area contributed by atoms with Gasteiger partial charge in [-0.05, 0) is 42.5 Å². The molecule has 2 aromatic rings. The molecule has 0 aliphatic carbocycles. The molecule has 0 saturated heterocycles. The number of thiol groups is 1. The van der Waals surface area contributed by atoms with Crippen LogP contribution in [-0.4, -0.2) is 11.0 Å². The first-order chi connectivity index (χ1) is 8.56. The quantitative estimate of drug-likeness (QED) is 0.736. The van der Waals surface area contributed by atoms with Crippen LogP contribution in [0.4, 0.5) is 5.69 Å². The Hall–Kier alpha value is -1.65. The summed E-state index contributed by atoms with van der Waals surface area (Å²) in [5.41, 5.74) is 0.759. The van der Waals surface area contributed by atoms with Crippen molar-refractivity contribution in [2.45, 2.75) is 4.90 Å². The van der Waals surface area contributed by atoms with Crippen molar-refractivity contribution in [3.05, 3.63) is 53.1 Å². The normalized spacial score (nSPS) is 10.1. The Labute approximate surface area is 115 Å². The molecule has 0 aliphatic heterocycles. The zero-order valence-corrected chi connectivity index (χ0v) is 10.9. The van der Waals surface area contributed by atoms with E-state index in [1.807, 2.05) is 0 Å². The van der Waals surface area contributed by atoms with Gasteiger partial charge < -0.3 is 10.4 Å². The molecule has 0 fully saturated rings. The number of hydrogen-bond acceptors (Lipinski definition) is 3. The summed E-state index contributed by atoms with van der Waals surface area (Å²) in [5.74, 6) is -0.523. The lowest BCUT2D eigenvalue weighted by molar-refractivity contribution is 0.102. The van der Waals surface area contributed by atoms with Crippen LogP contribution in [-0.2, 0) is 0 Å². The van der Waals surface area contributed by atoms with E-state index in [9.17, 15) is 9.90 Å². The van der Waals surface area contributed by atoms with Gasteiger partial charge in [0.25, 0.3) is 5.91 Å². The molecule has 0 radical (unpaired) electrons. The van der Waals surface area contributed by atoms with Crippen LogP contribution in [0.15, 0.2) is 47.4 Å². The number of carbonyl (C=O) groups excluding carboxylic acids is 1. The fraction of sp³-hybridized carbons (Fsp3) is 0. The number of amides is 1. The van der Waals surface area contributed by atoms with Gasteiger partial charge in [0.1, 0.15) is 5.75 Å². The molecule has 0 aromatic heterocycles. The first kappa shape index (κ1) is 12.8. The lowest BCUT2D eigenvalue weighted by Gasteiger charge is -2.07. The molecule has 2 N–H and O–H groups in total. The van der Waals surface area contributed by atoms with E-state index in [0.717, 1.165) is 4.90 Å². The number of phenolic OH excluding ortho intramolecular Hbond substituents is 1. The third-order valence-corrected chi connectivity index (χ3v) is 2.86. The van der Waals surface area contributed by atoms with Gasteiger partial charge in [-0.1, -0.05) is 11.6 Å². The number of nitrogens with one attached hydrogen (secondary N) is 1. The van der Waals surface area contributed by atoms with Crippen LogP contribution in [0, 0.1) is 0 Å². The highest BCUT2D eigenvalue weighted by molar-refractivity contribution is 7.80. The van der Waals surface area contributed by atoms with Crippen molar-refractivity contribution >= 4 is 35.8 Å². The van der Waals surface area contributed by atoms with Crippen molar-refractivity contribution in [1.29, 1.82) is 0 Å². The number of carbonyl (C=O) groups is 1. The number of rotatable bonds is 2.